The molecule has 0 fully saturated rings. The topological polar surface area (TPSA) is 46.4 Å². The van der Waals surface area contributed by atoms with Crippen LogP contribution in [0.5, 0.6) is 0 Å². The molecule has 0 saturated carbocycles. The van der Waals surface area contributed by atoms with Crippen LogP contribution in [0, 0.1) is 0 Å². The van der Waals surface area contributed by atoms with Gasteiger partial charge >= 0.3 is 0 Å². The van der Waals surface area contributed by atoms with Crippen LogP contribution in [0.2, 0.25) is 0 Å². The fourth-order valence-electron chi connectivity index (χ4n) is 2.34. The number of imidazole rings is 1. The Balaban J connectivity index is 1.83. The van der Waals surface area contributed by atoms with Crippen LogP contribution in [0.25, 0.3) is 16.9 Å². The van der Waals surface area contributed by atoms with Gasteiger partial charge in [-0.1, -0.05) is 24.3 Å². The van der Waals surface area contributed by atoms with Gasteiger partial charge in [-0.2, -0.15) is 0 Å². The van der Waals surface area contributed by atoms with E-state index in [1.807, 2.05) is 41.1 Å². The second-order valence-electron chi connectivity index (χ2n) is 5.03. The molecule has 3 rings (SSSR count). The molecule has 0 aliphatic carbocycles. The number of amides is 1. The summed E-state index contributed by atoms with van der Waals surface area (Å²) in [5.74, 6) is 0.00602. The van der Waals surface area contributed by atoms with E-state index < -0.39 is 0 Å². The average Bonchev–Trinajstić information content (AvgIpc) is 2.91. The minimum Gasteiger partial charge on any atom is -0.356 e. The quantitative estimate of drug-likeness (QED) is 0.798. The van der Waals surface area contributed by atoms with E-state index in [4.69, 9.17) is 0 Å². The number of hydrogen-bond donors (Lipinski definition) is 1. The van der Waals surface area contributed by atoms with Gasteiger partial charge < -0.3 is 9.72 Å². The molecule has 3 aromatic rings. The largest absolute Gasteiger partial charge is 0.356 e. The third kappa shape index (κ3) is 3.11. The standard InChI is InChI=1S/C17H17N3O/c1-13(21)18-9-8-14-5-4-6-15(11-14)16-12-20-10-3-2-7-17(20)19-16/h2-7,10-12H,8-9H2,1H3,(H,18,21). The smallest absolute Gasteiger partial charge is 0.216 e. The molecule has 21 heavy (non-hydrogen) atoms. The molecule has 0 saturated heterocycles. The number of hydrogen-bond acceptors (Lipinski definition) is 2. The molecule has 2 heterocycles. The molecule has 4 nitrogen and oxygen atoms in total. The highest BCUT2D eigenvalue weighted by atomic mass is 16.1. The lowest BCUT2D eigenvalue weighted by Crippen LogP contribution is -2.22. The van der Waals surface area contributed by atoms with Gasteiger partial charge in [-0.15, -0.1) is 0 Å². The highest BCUT2D eigenvalue weighted by Gasteiger charge is 2.04. The molecule has 0 aliphatic rings. The van der Waals surface area contributed by atoms with Crippen molar-refractivity contribution in [3.63, 3.8) is 0 Å². The van der Waals surface area contributed by atoms with Gasteiger partial charge in [0.1, 0.15) is 5.65 Å². The molecule has 1 N–H and O–H groups in total. The first kappa shape index (κ1) is 13.4. The summed E-state index contributed by atoms with van der Waals surface area (Å²) in [5.41, 5.74) is 4.19. The van der Waals surface area contributed by atoms with Crippen LogP contribution < -0.4 is 5.32 Å². The SMILES string of the molecule is CC(=O)NCCc1cccc(-c2cn3ccccc3n2)c1. The lowest BCUT2D eigenvalue weighted by atomic mass is 10.1. The van der Waals surface area contributed by atoms with E-state index >= 15 is 0 Å². The molecule has 0 bridgehead atoms. The Morgan fingerprint density at radius 2 is 2.14 bits per heavy atom. The number of carbonyl (C=O) groups is 1. The Hall–Kier alpha value is -2.62. The third-order valence-corrected chi connectivity index (χ3v) is 3.37. The van der Waals surface area contributed by atoms with E-state index in [0.29, 0.717) is 6.54 Å². The summed E-state index contributed by atoms with van der Waals surface area (Å²) in [5, 5.41) is 2.82. The number of fused-ring (bicyclic) bond motifs is 1. The van der Waals surface area contributed by atoms with Crippen molar-refractivity contribution in [1.82, 2.24) is 14.7 Å². The molecule has 0 aliphatic heterocycles. The van der Waals surface area contributed by atoms with E-state index in [9.17, 15) is 4.79 Å². The van der Waals surface area contributed by atoms with Crippen molar-refractivity contribution in [3.8, 4) is 11.3 Å². The van der Waals surface area contributed by atoms with Crippen LogP contribution in [0.1, 0.15) is 12.5 Å². The molecular formula is C17H17N3O. The Morgan fingerprint density at radius 1 is 1.24 bits per heavy atom. The van der Waals surface area contributed by atoms with E-state index in [2.05, 4.69) is 28.5 Å². The van der Waals surface area contributed by atoms with Crippen molar-refractivity contribution in [1.29, 1.82) is 0 Å². The minimum absolute atomic E-state index is 0.00602. The monoisotopic (exact) mass is 279 g/mol. The predicted molar refractivity (Wildman–Crippen MR) is 83.0 cm³/mol. The van der Waals surface area contributed by atoms with Crippen molar-refractivity contribution in [2.45, 2.75) is 13.3 Å². The van der Waals surface area contributed by atoms with Gasteiger partial charge in [0.05, 0.1) is 5.69 Å². The second kappa shape index (κ2) is 5.79. The highest BCUT2D eigenvalue weighted by Crippen LogP contribution is 2.20. The van der Waals surface area contributed by atoms with Crippen molar-refractivity contribution in [3.05, 3.63) is 60.4 Å². The summed E-state index contributed by atoms with van der Waals surface area (Å²) < 4.78 is 2.01. The molecule has 0 radical (unpaired) electrons. The van der Waals surface area contributed by atoms with E-state index in [0.717, 1.165) is 23.3 Å². The lowest BCUT2D eigenvalue weighted by Gasteiger charge is -2.04. The number of nitrogens with one attached hydrogen (secondary N) is 1. The normalized spacial score (nSPS) is 10.7. The van der Waals surface area contributed by atoms with Crippen LogP contribution >= 0.6 is 0 Å². The Morgan fingerprint density at radius 3 is 2.95 bits per heavy atom. The summed E-state index contributed by atoms with van der Waals surface area (Å²) in [6.07, 6.45) is 4.84. The molecule has 2 aromatic heterocycles. The summed E-state index contributed by atoms with van der Waals surface area (Å²) >= 11 is 0. The van der Waals surface area contributed by atoms with Crippen LogP contribution in [0.4, 0.5) is 0 Å². The zero-order valence-corrected chi connectivity index (χ0v) is 11.9. The number of nitrogens with zero attached hydrogens (tertiary/aromatic N) is 2. The maximum Gasteiger partial charge on any atom is 0.216 e. The van der Waals surface area contributed by atoms with Gasteiger partial charge in [0.15, 0.2) is 0 Å². The van der Waals surface area contributed by atoms with Gasteiger partial charge in [0.2, 0.25) is 5.91 Å². The maximum atomic E-state index is 10.9. The number of benzene rings is 1. The molecule has 106 valence electrons. The first-order valence-corrected chi connectivity index (χ1v) is 7.00. The van der Waals surface area contributed by atoms with Crippen LogP contribution in [0.15, 0.2) is 54.9 Å². The second-order valence-corrected chi connectivity index (χ2v) is 5.03. The summed E-state index contributed by atoms with van der Waals surface area (Å²) in [6.45, 7) is 2.19. The number of rotatable bonds is 4. The molecule has 1 aromatic carbocycles. The fraction of sp³-hybridized carbons (Fsp3) is 0.176. The van der Waals surface area contributed by atoms with E-state index in [1.54, 1.807) is 0 Å². The molecule has 1 amide bonds. The maximum absolute atomic E-state index is 10.9. The Kier molecular flexibility index (Phi) is 3.69. The molecular weight excluding hydrogens is 262 g/mol. The minimum atomic E-state index is 0.00602. The molecule has 4 heteroatoms. The summed E-state index contributed by atoms with van der Waals surface area (Å²) in [4.78, 5) is 15.5. The van der Waals surface area contributed by atoms with Gasteiger partial charge in [-0.25, -0.2) is 4.98 Å². The molecule has 0 unspecified atom stereocenters. The predicted octanol–water partition coefficient (Wildman–Crippen LogP) is 2.68. The number of pyridine rings is 1. The zero-order valence-electron chi connectivity index (χ0n) is 11.9. The highest BCUT2D eigenvalue weighted by molar-refractivity contribution is 5.72. The van der Waals surface area contributed by atoms with E-state index in [1.165, 1.54) is 12.5 Å². The first-order valence-electron chi connectivity index (χ1n) is 7.00. The number of aromatic nitrogens is 2. The fourth-order valence-corrected chi connectivity index (χ4v) is 2.34. The van der Waals surface area contributed by atoms with Crippen LogP contribution in [-0.4, -0.2) is 21.8 Å². The summed E-state index contributed by atoms with van der Waals surface area (Å²) in [6, 6.07) is 14.2. The van der Waals surface area contributed by atoms with Crippen LogP contribution in [0.3, 0.4) is 0 Å². The van der Waals surface area contributed by atoms with Gasteiger partial charge in [0.25, 0.3) is 0 Å². The zero-order chi connectivity index (χ0) is 14.7. The number of carbonyl (C=O) groups excluding carboxylic acids is 1. The Bertz CT molecular complexity index is 743. The van der Waals surface area contributed by atoms with Gasteiger partial charge in [-0.3, -0.25) is 4.79 Å². The molecule has 0 spiro atoms. The lowest BCUT2D eigenvalue weighted by molar-refractivity contribution is -0.118. The van der Waals surface area contributed by atoms with Crippen molar-refractivity contribution in [2.75, 3.05) is 6.54 Å². The van der Waals surface area contributed by atoms with Gasteiger partial charge in [-0.05, 0) is 30.2 Å². The van der Waals surface area contributed by atoms with Crippen molar-refractivity contribution >= 4 is 11.6 Å². The van der Waals surface area contributed by atoms with E-state index in [-0.39, 0.29) is 5.91 Å². The molecule has 0 atom stereocenters. The first-order chi connectivity index (χ1) is 10.2. The third-order valence-electron chi connectivity index (χ3n) is 3.37. The Labute approximate surface area is 123 Å². The van der Waals surface area contributed by atoms with Gasteiger partial charge in [0, 0.05) is 31.4 Å². The average molecular weight is 279 g/mol. The summed E-state index contributed by atoms with van der Waals surface area (Å²) in [7, 11) is 0. The van der Waals surface area contributed by atoms with Crippen molar-refractivity contribution in [2.24, 2.45) is 0 Å². The van der Waals surface area contributed by atoms with Crippen molar-refractivity contribution < 1.29 is 4.79 Å². The van der Waals surface area contributed by atoms with Crippen LogP contribution in [-0.2, 0) is 11.2 Å².